The number of anilines is 6. The van der Waals surface area contributed by atoms with Crippen molar-refractivity contribution in [3.8, 4) is 34.3 Å². The fraction of sp³-hybridized carbons (Fsp3) is 0.421. The van der Waals surface area contributed by atoms with E-state index in [1.54, 1.807) is 53.6 Å². The van der Waals surface area contributed by atoms with Crippen LogP contribution in [0.3, 0.4) is 0 Å². The average Bonchev–Trinajstić information content (AvgIpc) is 2.86. The van der Waals surface area contributed by atoms with Crippen LogP contribution in [0.1, 0.15) is 64.5 Å². The van der Waals surface area contributed by atoms with Crippen LogP contribution in [0.4, 0.5) is 65.5 Å². The molecule has 4 bridgehead atoms. The van der Waals surface area contributed by atoms with E-state index in [0.717, 1.165) is 75.3 Å². The maximum atomic E-state index is 13.8. The summed E-state index contributed by atoms with van der Waals surface area (Å²) >= 11 is 12.9. The number of carbonyl (C=O) groups is 1. The Kier molecular flexibility index (Phi) is 16.9. The minimum absolute atomic E-state index is 0.0572. The number of nitrogens with zero attached hydrogens (tertiary/aromatic N) is 7. The Balaban J connectivity index is 0.000000157. The quantitative estimate of drug-likeness (QED) is 0.116. The van der Waals surface area contributed by atoms with E-state index >= 15 is 0 Å². The molecule has 2 aromatic carbocycles. The molecular formula is C57H60Cl2F6N10O7. The van der Waals surface area contributed by atoms with Crippen molar-refractivity contribution in [3.05, 3.63) is 118 Å². The van der Waals surface area contributed by atoms with Gasteiger partial charge in [-0.3, -0.25) is 4.90 Å². The molecule has 0 saturated carbocycles. The standard InChI is InChI=1S/C29H29ClF3N5O4.C17H15ClF3N3.C11H16N2O3/c1-28(2)41-16-21(42-28)15-40-24-12-19(8-9-34-24)35-27(39)38-20-7-4-10-37(14-20)23-13-22(30)25(36-26(23)38)17-5-3-6-18(11-17)29(31,32)33;18-13-8-14-16(22-12-5-2-6-24(14)9-12)23-15(13)10-3-1-4-11(7-10)17(19,20)21;1-11(2)15-7-9(16-11)6-14-10-5-8(12)3-4-13-10/h3,5-6,8-9,11-13,20-21H,4,7,10,14-16H2,1-2H3,(H,34,35,39);1,3-4,7-8,12H,2,5-6,9H2,(H,22,23);3-5,9H,6-7H2,1-2H3,(H2,12,13)/t20-,21-;12-;9-/m000/s1. The number of nitrogen functional groups attached to an aromatic ring is 1. The first kappa shape index (κ1) is 58.3. The Labute approximate surface area is 479 Å². The van der Waals surface area contributed by atoms with E-state index < -0.39 is 41.1 Å². The summed E-state index contributed by atoms with van der Waals surface area (Å²) < 4.78 is 113. The fourth-order valence-electron chi connectivity index (χ4n) is 10.4. The number of alkyl halides is 6. The second kappa shape index (κ2) is 23.8. The van der Waals surface area contributed by atoms with E-state index in [9.17, 15) is 31.1 Å². The molecule has 4 saturated heterocycles. The maximum absolute atomic E-state index is 13.8. The van der Waals surface area contributed by atoms with Gasteiger partial charge in [0.2, 0.25) is 11.8 Å². The second-order valence-corrected chi connectivity index (χ2v) is 22.1. The Morgan fingerprint density at radius 1 is 0.720 bits per heavy atom. The molecule has 4 fully saturated rings. The monoisotopic (exact) mass is 1180 g/mol. The first-order valence-corrected chi connectivity index (χ1v) is 27.4. The van der Waals surface area contributed by atoms with Crippen molar-refractivity contribution >= 4 is 63.6 Å². The molecule has 6 aliphatic heterocycles. The maximum Gasteiger partial charge on any atom is 0.416 e. The van der Waals surface area contributed by atoms with Crippen LogP contribution < -0.4 is 40.5 Å². The number of halogens is 8. The molecule has 10 heterocycles. The van der Waals surface area contributed by atoms with Gasteiger partial charge in [0, 0.05) is 79.2 Å². The molecule has 6 aliphatic rings. The number of amides is 2. The Bertz CT molecular complexity index is 3290. The van der Waals surface area contributed by atoms with Gasteiger partial charge < -0.3 is 54.6 Å². The molecule has 12 rings (SSSR count). The van der Waals surface area contributed by atoms with Crippen LogP contribution in [0.15, 0.2) is 97.3 Å². The number of urea groups is 1. The van der Waals surface area contributed by atoms with Gasteiger partial charge >= 0.3 is 18.4 Å². The highest BCUT2D eigenvalue weighted by molar-refractivity contribution is 6.34. The highest BCUT2D eigenvalue weighted by atomic mass is 35.5. The molecule has 6 aromatic rings. The summed E-state index contributed by atoms with van der Waals surface area (Å²) in [5, 5.41) is 6.85. The minimum atomic E-state index is -4.52. The summed E-state index contributed by atoms with van der Waals surface area (Å²) in [6, 6.07) is 19.8. The lowest BCUT2D eigenvalue weighted by Gasteiger charge is -2.46. The summed E-state index contributed by atoms with van der Waals surface area (Å²) in [6.45, 7) is 12.2. The topological polar surface area (TPSA) is 184 Å². The van der Waals surface area contributed by atoms with Gasteiger partial charge in [-0.25, -0.2) is 24.7 Å². The van der Waals surface area contributed by atoms with Gasteiger partial charge in [0.25, 0.3) is 0 Å². The van der Waals surface area contributed by atoms with Crippen molar-refractivity contribution in [2.75, 3.05) is 83.7 Å². The third-order valence-corrected chi connectivity index (χ3v) is 14.8. The van der Waals surface area contributed by atoms with Crippen LogP contribution >= 0.6 is 23.2 Å². The van der Waals surface area contributed by atoms with Gasteiger partial charge in [-0.2, -0.15) is 26.3 Å². The largest absolute Gasteiger partial charge is 0.475 e. The van der Waals surface area contributed by atoms with Crippen molar-refractivity contribution in [1.82, 2.24) is 19.9 Å². The zero-order valence-corrected chi connectivity index (χ0v) is 46.6. The van der Waals surface area contributed by atoms with Crippen LogP contribution in [0, 0.1) is 0 Å². The van der Waals surface area contributed by atoms with Crippen LogP contribution in [0.5, 0.6) is 11.8 Å². The lowest BCUT2D eigenvalue weighted by atomic mass is 9.99. The molecule has 0 spiro atoms. The van der Waals surface area contributed by atoms with Crippen LogP contribution in [0.2, 0.25) is 10.0 Å². The molecule has 25 heteroatoms. The number of hydrogen-bond donors (Lipinski definition) is 3. The first-order valence-electron chi connectivity index (χ1n) is 26.6. The molecule has 4 atom stereocenters. The van der Waals surface area contributed by atoms with Crippen molar-refractivity contribution in [2.24, 2.45) is 0 Å². The molecular weight excluding hydrogens is 1120 g/mol. The summed E-state index contributed by atoms with van der Waals surface area (Å²) in [7, 11) is 0. The number of pyridine rings is 4. The number of hydrogen-bond acceptors (Lipinski definition) is 15. The van der Waals surface area contributed by atoms with E-state index in [0.29, 0.717) is 89.1 Å². The van der Waals surface area contributed by atoms with Crippen molar-refractivity contribution in [1.29, 1.82) is 0 Å². The number of fused-ring (bicyclic) bond motifs is 8. The Morgan fingerprint density at radius 3 is 1.84 bits per heavy atom. The van der Waals surface area contributed by atoms with E-state index in [2.05, 4.69) is 35.4 Å². The smallest absolute Gasteiger partial charge is 0.416 e. The molecule has 82 heavy (non-hydrogen) atoms. The molecule has 436 valence electrons. The number of rotatable bonds is 9. The van der Waals surface area contributed by atoms with E-state index in [-0.39, 0.29) is 41.1 Å². The predicted octanol–water partition coefficient (Wildman–Crippen LogP) is 12.4. The molecule has 0 radical (unpaired) electrons. The van der Waals surface area contributed by atoms with Gasteiger partial charge in [-0.05, 0) is 102 Å². The molecule has 2 amide bonds. The van der Waals surface area contributed by atoms with Crippen molar-refractivity contribution < 1.29 is 59.6 Å². The highest BCUT2D eigenvalue weighted by Crippen LogP contribution is 2.45. The zero-order chi connectivity index (χ0) is 58.1. The van der Waals surface area contributed by atoms with Gasteiger partial charge in [0.1, 0.15) is 25.4 Å². The minimum Gasteiger partial charge on any atom is -0.475 e. The Hall–Kier alpha value is -6.89. The van der Waals surface area contributed by atoms with Gasteiger partial charge in [0.15, 0.2) is 23.2 Å². The van der Waals surface area contributed by atoms with E-state index in [1.807, 2.05) is 27.7 Å². The molecule has 0 unspecified atom stereocenters. The lowest BCUT2D eigenvalue weighted by Crippen LogP contribution is -2.56. The zero-order valence-electron chi connectivity index (χ0n) is 45.1. The summed E-state index contributed by atoms with van der Waals surface area (Å²) in [4.78, 5) is 37.2. The van der Waals surface area contributed by atoms with E-state index in [4.69, 9.17) is 62.3 Å². The van der Waals surface area contributed by atoms with Gasteiger partial charge in [0.05, 0.1) is 63.2 Å². The third kappa shape index (κ3) is 13.9. The molecule has 4 aromatic heterocycles. The van der Waals surface area contributed by atoms with Gasteiger partial charge in [-0.15, -0.1) is 0 Å². The predicted molar refractivity (Wildman–Crippen MR) is 299 cm³/mol. The number of piperidine rings is 2. The normalized spacial score (nSPS) is 21.1. The molecule has 17 nitrogen and oxygen atoms in total. The van der Waals surface area contributed by atoms with Crippen LogP contribution in [0.25, 0.3) is 22.5 Å². The second-order valence-electron chi connectivity index (χ2n) is 21.3. The molecule has 0 aliphatic carbocycles. The first-order chi connectivity index (χ1) is 38.9. The lowest BCUT2D eigenvalue weighted by molar-refractivity contribution is -0.142. The average molecular weight is 1180 g/mol. The highest BCUT2D eigenvalue weighted by Gasteiger charge is 2.40. The van der Waals surface area contributed by atoms with E-state index in [1.165, 1.54) is 24.4 Å². The molecule has 4 N–H and O–H groups in total. The van der Waals surface area contributed by atoms with Crippen molar-refractivity contribution in [2.45, 2.75) is 102 Å². The SMILES string of the molecule is CC1(C)OC[C@H](COc2cc(N)ccn2)O1.CC1(C)OC[C@H](COc2cc(NC(=O)N3c4nc(-c5cccc(C(F)(F)F)c5)c(Cl)cc4N4CCC[C@H]3C4)ccn2)O1.FC(F)(F)c1cccc(-c2nc3c(cc2Cl)N2CCC[C@@H](C2)N3)c1. The summed E-state index contributed by atoms with van der Waals surface area (Å²) in [5.41, 5.74) is 7.88. The van der Waals surface area contributed by atoms with Crippen molar-refractivity contribution in [3.63, 3.8) is 0 Å². The van der Waals surface area contributed by atoms with Crippen LogP contribution in [-0.2, 0) is 31.3 Å². The number of aromatic nitrogens is 4. The summed E-state index contributed by atoms with van der Waals surface area (Å²) in [5.74, 6) is 0.663. The third-order valence-electron chi connectivity index (χ3n) is 14.2. The number of carbonyl (C=O) groups excluding carboxylic acids is 1. The summed E-state index contributed by atoms with van der Waals surface area (Å²) in [6.07, 6.45) is -2.30. The van der Waals surface area contributed by atoms with Gasteiger partial charge in [-0.1, -0.05) is 47.5 Å². The van der Waals surface area contributed by atoms with Crippen LogP contribution in [-0.4, -0.2) is 114 Å². The number of nitrogens with one attached hydrogen (secondary N) is 2. The number of ether oxygens (including phenoxy) is 6. The fourth-order valence-corrected chi connectivity index (χ4v) is 10.9. The number of benzene rings is 2. The number of nitrogens with two attached hydrogens (primary N) is 1. The Morgan fingerprint density at radius 2 is 1.27 bits per heavy atom.